The molecule has 142 valence electrons. The molecule has 0 amide bonds. The number of carbonyl (C=O) groups excluding carboxylic acids is 1. The number of methoxy groups -OCH3 is 1. The van der Waals surface area contributed by atoms with E-state index in [-0.39, 0.29) is 18.1 Å². The first-order valence-corrected chi connectivity index (χ1v) is 9.82. The maximum atomic E-state index is 13.4. The molecule has 0 saturated heterocycles. The molecule has 0 unspecified atom stereocenters. The van der Waals surface area contributed by atoms with Crippen molar-refractivity contribution in [1.82, 2.24) is 0 Å². The Morgan fingerprint density at radius 1 is 1.31 bits per heavy atom. The van der Waals surface area contributed by atoms with Crippen molar-refractivity contribution >= 4 is 5.78 Å². The molecule has 2 bridgehead atoms. The van der Waals surface area contributed by atoms with Gasteiger partial charge in [0.25, 0.3) is 0 Å². The number of aliphatic hydroxyl groups excluding tert-OH is 1. The van der Waals surface area contributed by atoms with Crippen molar-refractivity contribution in [2.45, 2.75) is 58.5 Å². The monoisotopic (exact) mass is 356 g/mol. The van der Waals surface area contributed by atoms with Crippen LogP contribution in [0, 0.1) is 16.7 Å². The highest BCUT2D eigenvalue weighted by Gasteiger charge is 2.68. The van der Waals surface area contributed by atoms with Crippen molar-refractivity contribution in [3.63, 3.8) is 0 Å². The van der Waals surface area contributed by atoms with Crippen LogP contribution in [0.25, 0.3) is 0 Å². The average Bonchev–Trinajstić information content (AvgIpc) is 3.10. The molecule has 3 atom stereocenters. The lowest BCUT2D eigenvalue weighted by molar-refractivity contribution is -0.141. The Morgan fingerprint density at radius 2 is 2.00 bits per heavy atom. The van der Waals surface area contributed by atoms with Gasteiger partial charge in [-0.2, -0.15) is 0 Å². The van der Waals surface area contributed by atoms with Crippen molar-refractivity contribution in [3.05, 3.63) is 47.5 Å². The molecule has 0 spiro atoms. The topological polar surface area (TPSA) is 46.5 Å². The summed E-state index contributed by atoms with van der Waals surface area (Å²) in [6.45, 7) is 8.88. The number of aliphatic hydroxyl groups is 1. The number of hydrogen-bond donors (Lipinski definition) is 1. The maximum absolute atomic E-state index is 13.4. The molecule has 0 aliphatic heterocycles. The van der Waals surface area contributed by atoms with Crippen molar-refractivity contribution in [3.8, 4) is 0 Å². The van der Waals surface area contributed by atoms with Gasteiger partial charge in [-0.05, 0) is 43.2 Å². The SMILES string of the molecule is C=C1[C@@H]2CC[C@](C(=O)CCc3cccc(CCCO)c3)([C@H]2OC)C1(C)C. The van der Waals surface area contributed by atoms with E-state index < -0.39 is 5.41 Å². The number of rotatable bonds is 8. The molecule has 2 fully saturated rings. The molecule has 1 aromatic carbocycles. The second-order valence-corrected chi connectivity index (χ2v) is 8.49. The number of carbonyl (C=O) groups is 1. The lowest BCUT2D eigenvalue weighted by atomic mass is 9.60. The minimum atomic E-state index is -0.419. The predicted octanol–water partition coefficient (Wildman–Crippen LogP) is 4.12. The Balaban J connectivity index is 1.74. The van der Waals surface area contributed by atoms with Crippen LogP contribution in [0.2, 0.25) is 0 Å². The quantitative estimate of drug-likeness (QED) is 0.713. The minimum absolute atomic E-state index is 0.0200. The zero-order chi connectivity index (χ0) is 18.9. The van der Waals surface area contributed by atoms with Gasteiger partial charge in [0, 0.05) is 31.5 Å². The van der Waals surface area contributed by atoms with Gasteiger partial charge in [0.05, 0.1) is 11.5 Å². The molecule has 1 N–H and O–H groups in total. The van der Waals surface area contributed by atoms with Crippen LogP contribution in [0.3, 0.4) is 0 Å². The summed E-state index contributed by atoms with van der Waals surface area (Å²) >= 11 is 0. The Labute approximate surface area is 157 Å². The number of ether oxygens (including phenoxy) is 1. The molecule has 3 rings (SSSR count). The largest absolute Gasteiger partial charge is 0.396 e. The van der Waals surface area contributed by atoms with Gasteiger partial charge in [-0.15, -0.1) is 0 Å². The molecule has 2 saturated carbocycles. The maximum Gasteiger partial charge on any atom is 0.142 e. The fourth-order valence-electron chi connectivity index (χ4n) is 5.51. The lowest BCUT2D eigenvalue weighted by Gasteiger charge is -2.43. The molecular weight excluding hydrogens is 324 g/mol. The Hall–Kier alpha value is -1.45. The predicted molar refractivity (Wildman–Crippen MR) is 104 cm³/mol. The lowest BCUT2D eigenvalue weighted by Crippen LogP contribution is -2.47. The number of aryl methyl sites for hydroxylation is 2. The Morgan fingerprint density at radius 3 is 2.65 bits per heavy atom. The van der Waals surface area contributed by atoms with E-state index in [0.29, 0.717) is 18.1 Å². The van der Waals surface area contributed by atoms with Crippen LogP contribution < -0.4 is 0 Å². The van der Waals surface area contributed by atoms with Gasteiger partial charge < -0.3 is 9.84 Å². The van der Waals surface area contributed by atoms with E-state index in [4.69, 9.17) is 9.84 Å². The first-order chi connectivity index (χ1) is 12.4. The second kappa shape index (κ2) is 7.28. The summed E-state index contributed by atoms with van der Waals surface area (Å²) in [5, 5.41) is 9.01. The van der Waals surface area contributed by atoms with Crippen LogP contribution in [0.4, 0.5) is 0 Å². The number of Topliss-reactive ketones (excluding diaryl/α,β-unsaturated/α-hetero) is 1. The number of hydrogen-bond acceptors (Lipinski definition) is 3. The molecule has 26 heavy (non-hydrogen) atoms. The van der Waals surface area contributed by atoms with Gasteiger partial charge in [0.2, 0.25) is 0 Å². The van der Waals surface area contributed by atoms with Crippen LogP contribution in [-0.2, 0) is 22.4 Å². The summed E-state index contributed by atoms with van der Waals surface area (Å²) in [5.74, 6) is 0.650. The van der Waals surface area contributed by atoms with Crippen molar-refractivity contribution in [2.24, 2.45) is 16.7 Å². The summed E-state index contributed by atoms with van der Waals surface area (Å²) in [4.78, 5) is 13.4. The van der Waals surface area contributed by atoms with E-state index in [2.05, 4.69) is 44.7 Å². The fraction of sp³-hybridized carbons (Fsp3) is 0.609. The van der Waals surface area contributed by atoms with Crippen LogP contribution in [-0.4, -0.2) is 30.7 Å². The highest BCUT2D eigenvalue weighted by atomic mass is 16.5. The van der Waals surface area contributed by atoms with Gasteiger partial charge >= 0.3 is 0 Å². The van der Waals surface area contributed by atoms with Crippen LogP contribution >= 0.6 is 0 Å². The third-order valence-electron chi connectivity index (χ3n) is 7.07. The van der Waals surface area contributed by atoms with Crippen LogP contribution in [0.5, 0.6) is 0 Å². The summed E-state index contributed by atoms with van der Waals surface area (Å²) in [6, 6.07) is 8.41. The third kappa shape index (κ3) is 2.86. The molecule has 3 nitrogen and oxygen atoms in total. The summed E-state index contributed by atoms with van der Waals surface area (Å²) < 4.78 is 5.84. The van der Waals surface area contributed by atoms with E-state index in [0.717, 1.165) is 32.1 Å². The molecule has 1 aromatic rings. The van der Waals surface area contributed by atoms with Crippen LogP contribution in [0.15, 0.2) is 36.4 Å². The van der Waals surface area contributed by atoms with Gasteiger partial charge in [-0.1, -0.05) is 50.3 Å². The zero-order valence-electron chi connectivity index (χ0n) is 16.4. The summed E-state index contributed by atoms with van der Waals surface area (Å²) in [5.41, 5.74) is 3.00. The first-order valence-electron chi connectivity index (χ1n) is 9.82. The molecule has 3 heteroatoms. The van der Waals surface area contributed by atoms with Gasteiger partial charge in [0.1, 0.15) is 5.78 Å². The number of ketones is 1. The zero-order valence-corrected chi connectivity index (χ0v) is 16.4. The van der Waals surface area contributed by atoms with Crippen molar-refractivity contribution in [1.29, 1.82) is 0 Å². The van der Waals surface area contributed by atoms with Crippen LogP contribution in [0.1, 0.15) is 50.7 Å². The normalized spacial score (nSPS) is 29.3. The first kappa shape index (κ1) is 19.3. The van der Waals surface area contributed by atoms with E-state index in [1.54, 1.807) is 7.11 Å². The molecule has 0 radical (unpaired) electrons. The Bertz CT molecular complexity index is 690. The molecule has 0 heterocycles. The standard InChI is InChI=1S/C23H32O3/c1-16-19-12-13-23(21(19)26-4,22(16,2)3)20(25)11-10-18-8-5-7-17(15-18)9-6-14-24/h5,7-8,15,19,21,24H,1,6,9-14H2,2-4H3/t19-,21-,23-/m0/s1. The van der Waals surface area contributed by atoms with Gasteiger partial charge in [0.15, 0.2) is 0 Å². The highest BCUT2D eigenvalue weighted by Crippen LogP contribution is 2.67. The summed E-state index contributed by atoms with van der Waals surface area (Å²) in [7, 11) is 1.74. The van der Waals surface area contributed by atoms with Gasteiger partial charge in [-0.25, -0.2) is 0 Å². The van der Waals surface area contributed by atoms with Gasteiger partial charge in [-0.3, -0.25) is 4.79 Å². The highest BCUT2D eigenvalue weighted by molar-refractivity contribution is 5.89. The van der Waals surface area contributed by atoms with E-state index in [1.807, 2.05) is 0 Å². The number of benzene rings is 1. The van der Waals surface area contributed by atoms with E-state index >= 15 is 0 Å². The molecule has 2 aliphatic rings. The molecule has 0 aromatic heterocycles. The average molecular weight is 357 g/mol. The minimum Gasteiger partial charge on any atom is -0.396 e. The summed E-state index contributed by atoms with van der Waals surface area (Å²) in [6.07, 6.45) is 4.87. The van der Waals surface area contributed by atoms with Crippen molar-refractivity contribution < 1.29 is 14.6 Å². The smallest absolute Gasteiger partial charge is 0.142 e. The molecular formula is C23H32O3. The number of fused-ring (bicyclic) bond motifs is 2. The third-order valence-corrected chi connectivity index (χ3v) is 7.07. The molecule has 2 aliphatic carbocycles. The Kier molecular flexibility index (Phi) is 5.41. The van der Waals surface area contributed by atoms with E-state index in [9.17, 15) is 4.79 Å². The fourth-order valence-corrected chi connectivity index (χ4v) is 5.51. The van der Waals surface area contributed by atoms with E-state index in [1.165, 1.54) is 16.7 Å². The van der Waals surface area contributed by atoms with Crippen molar-refractivity contribution in [2.75, 3.05) is 13.7 Å². The second-order valence-electron chi connectivity index (χ2n) is 8.49.